The monoisotopic (exact) mass is 437 g/mol. The second kappa shape index (κ2) is 8.63. The van der Waals surface area contributed by atoms with Crippen LogP contribution in [-0.2, 0) is 22.6 Å². The van der Waals surface area contributed by atoms with E-state index in [1.807, 2.05) is 25.1 Å². The van der Waals surface area contributed by atoms with Crippen LogP contribution in [0.3, 0.4) is 0 Å². The van der Waals surface area contributed by atoms with Gasteiger partial charge in [0.05, 0.1) is 5.41 Å². The zero-order chi connectivity index (χ0) is 22.0. The van der Waals surface area contributed by atoms with Gasteiger partial charge in [0.15, 0.2) is 0 Å². The van der Waals surface area contributed by atoms with Gasteiger partial charge in [0.1, 0.15) is 18.2 Å². The number of primary amides is 1. The fourth-order valence-corrected chi connectivity index (χ4v) is 5.11. The number of likely N-dealkylation sites (tertiary alicyclic amines) is 1. The summed E-state index contributed by atoms with van der Waals surface area (Å²) in [6, 6.07) is 12.4. The molecule has 1 fully saturated rings. The first-order valence-electron chi connectivity index (χ1n) is 10.4. The Bertz CT molecular complexity index is 1090. The lowest BCUT2D eigenvalue weighted by atomic mass is 9.74. The Morgan fingerprint density at radius 2 is 2.06 bits per heavy atom. The maximum Gasteiger partial charge on any atom is 0.244 e. The van der Waals surface area contributed by atoms with Crippen molar-refractivity contribution >= 4 is 23.2 Å². The van der Waals surface area contributed by atoms with Crippen LogP contribution in [0.15, 0.2) is 41.8 Å². The van der Waals surface area contributed by atoms with E-state index in [9.17, 15) is 9.59 Å². The molecule has 7 nitrogen and oxygen atoms in total. The van der Waals surface area contributed by atoms with E-state index >= 15 is 0 Å². The van der Waals surface area contributed by atoms with E-state index < -0.39 is 5.41 Å². The van der Waals surface area contributed by atoms with Crippen molar-refractivity contribution in [1.29, 1.82) is 0 Å². The third-order valence-electron chi connectivity index (χ3n) is 5.98. The van der Waals surface area contributed by atoms with E-state index in [0.717, 1.165) is 17.5 Å². The van der Waals surface area contributed by atoms with Crippen LogP contribution in [0.25, 0.3) is 10.4 Å². The maximum atomic E-state index is 13.0. The van der Waals surface area contributed by atoms with Crippen molar-refractivity contribution < 1.29 is 9.59 Å². The molecule has 0 bridgehead atoms. The molecule has 1 aliphatic heterocycles. The van der Waals surface area contributed by atoms with E-state index in [-0.39, 0.29) is 18.4 Å². The van der Waals surface area contributed by atoms with Crippen LogP contribution in [0.4, 0.5) is 0 Å². The van der Waals surface area contributed by atoms with Gasteiger partial charge in [-0.3, -0.25) is 9.59 Å². The van der Waals surface area contributed by atoms with Gasteiger partial charge in [0.2, 0.25) is 11.8 Å². The molecule has 1 aromatic carbocycles. The Kier molecular flexibility index (Phi) is 5.91. The SMILES string of the molecule is Cc1nc(C)n(CC(=O)N2CCC[C@@](Cc3cccc(-c4cccs4)c3)(C(N)=O)C2)n1. The molecule has 0 spiro atoms. The van der Waals surface area contributed by atoms with E-state index in [2.05, 4.69) is 33.7 Å². The number of piperidine rings is 1. The van der Waals surface area contributed by atoms with E-state index in [1.165, 1.54) is 4.88 Å². The number of carbonyl (C=O) groups is 2. The topological polar surface area (TPSA) is 94.1 Å². The number of carbonyl (C=O) groups excluding carboxylic acids is 2. The summed E-state index contributed by atoms with van der Waals surface area (Å²) in [5, 5.41) is 6.34. The third-order valence-corrected chi connectivity index (χ3v) is 6.89. The van der Waals surface area contributed by atoms with E-state index in [0.29, 0.717) is 37.6 Å². The van der Waals surface area contributed by atoms with Crippen LogP contribution >= 0.6 is 11.3 Å². The van der Waals surface area contributed by atoms with Crippen LogP contribution in [-0.4, -0.2) is 44.6 Å². The fraction of sp³-hybridized carbons (Fsp3) is 0.391. The Morgan fingerprint density at radius 3 is 2.74 bits per heavy atom. The second-order valence-electron chi connectivity index (χ2n) is 8.28. The summed E-state index contributed by atoms with van der Waals surface area (Å²) in [5.74, 6) is 0.931. The standard InChI is InChI=1S/C23H27N5O2S/c1-16-25-17(2)28(26-16)14-21(29)27-10-5-9-23(15-27,22(24)30)13-18-6-3-7-19(12-18)20-8-4-11-31-20/h3-4,6-8,11-12H,5,9-10,13-15H2,1-2H3,(H2,24,30)/t23-/m0/s1. The summed E-state index contributed by atoms with van der Waals surface area (Å²) in [5.41, 5.74) is 7.34. The summed E-state index contributed by atoms with van der Waals surface area (Å²) in [6.45, 7) is 4.71. The highest BCUT2D eigenvalue weighted by molar-refractivity contribution is 7.13. The Morgan fingerprint density at radius 1 is 1.23 bits per heavy atom. The molecule has 3 aromatic rings. The van der Waals surface area contributed by atoms with Crippen LogP contribution in [0.5, 0.6) is 0 Å². The zero-order valence-corrected chi connectivity index (χ0v) is 18.7. The summed E-state index contributed by atoms with van der Waals surface area (Å²) >= 11 is 1.69. The molecule has 2 N–H and O–H groups in total. The lowest BCUT2D eigenvalue weighted by Gasteiger charge is -2.41. The van der Waals surface area contributed by atoms with Gasteiger partial charge in [-0.05, 0) is 55.7 Å². The van der Waals surface area contributed by atoms with Crippen LogP contribution in [0.1, 0.15) is 30.1 Å². The van der Waals surface area contributed by atoms with Crippen molar-refractivity contribution in [2.24, 2.45) is 11.1 Å². The predicted octanol–water partition coefficient (Wildman–Crippen LogP) is 2.96. The van der Waals surface area contributed by atoms with Gasteiger partial charge in [-0.1, -0.05) is 30.3 Å². The summed E-state index contributed by atoms with van der Waals surface area (Å²) in [4.78, 5) is 32.8. The van der Waals surface area contributed by atoms with Crippen molar-refractivity contribution in [2.75, 3.05) is 13.1 Å². The highest BCUT2D eigenvalue weighted by Crippen LogP contribution is 2.35. The number of benzene rings is 1. The van der Waals surface area contributed by atoms with E-state index in [4.69, 9.17) is 5.73 Å². The van der Waals surface area contributed by atoms with Crippen molar-refractivity contribution in [3.05, 3.63) is 59.0 Å². The highest BCUT2D eigenvalue weighted by atomic mass is 32.1. The molecule has 1 saturated heterocycles. The van der Waals surface area contributed by atoms with Crippen LogP contribution in [0, 0.1) is 19.3 Å². The molecule has 8 heteroatoms. The molecule has 0 radical (unpaired) electrons. The number of aryl methyl sites for hydroxylation is 2. The van der Waals surface area contributed by atoms with Crippen molar-refractivity contribution in [3.8, 4) is 10.4 Å². The molecule has 0 unspecified atom stereocenters. The predicted molar refractivity (Wildman–Crippen MR) is 120 cm³/mol. The van der Waals surface area contributed by atoms with Gasteiger partial charge in [-0.2, -0.15) is 5.10 Å². The number of thiophene rings is 1. The highest BCUT2D eigenvalue weighted by Gasteiger charge is 2.42. The molecule has 0 aliphatic carbocycles. The first-order valence-corrected chi connectivity index (χ1v) is 11.3. The molecule has 4 rings (SSSR count). The van der Waals surface area contributed by atoms with Gasteiger partial charge in [-0.15, -0.1) is 11.3 Å². The van der Waals surface area contributed by atoms with Gasteiger partial charge >= 0.3 is 0 Å². The first kappa shape index (κ1) is 21.2. The van der Waals surface area contributed by atoms with E-state index in [1.54, 1.807) is 27.8 Å². The molecule has 2 amide bonds. The number of amides is 2. The molecule has 2 aromatic heterocycles. The maximum absolute atomic E-state index is 13.0. The summed E-state index contributed by atoms with van der Waals surface area (Å²) in [6.07, 6.45) is 1.94. The molecule has 0 saturated carbocycles. The van der Waals surface area contributed by atoms with Crippen molar-refractivity contribution in [3.63, 3.8) is 0 Å². The number of aromatic nitrogens is 3. The molecule has 31 heavy (non-hydrogen) atoms. The van der Waals surface area contributed by atoms with Crippen LogP contribution < -0.4 is 5.73 Å². The van der Waals surface area contributed by atoms with Gasteiger partial charge < -0.3 is 10.6 Å². The van der Waals surface area contributed by atoms with Gasteiger partial charge in [-0.25, -0.2) is 9.67 Å². The number of rotatable bonds is 6. The molecular formula is C23H27N5O2S. The van der Waals surface area contributed by atoms with Crippen molar-refractivity contribution in [1.82, 2.24) is 19.7 Å². The minimum atomic E-state index is -0.769. The van der Waals surface area contributed by atoms with Crippen LogP contribution in [0.2, 0.25) is 0 Å². The number of hydrogen-bond donors (Lipinski definition) is 1. The third kappa shape index (κ3) is 4.54. The smallest absolute Gasteiger partial charge is 0.244 e. The largest absolute Gasteiger partial charge is 0.369 e. The minimum absolute atomic E-state index is 0.0642. The number of nitrogens with zero attached hydrogens (tertiary/aromatic N) is 4. The Labute approximate surface area is 185 Å². The lowest BCUT2D eigenvalue weighted by molar-refractivity contribution is -0.140. The molecule has 1 aliphatic rings. The molecule has 1 atom stereocenters. The Balaban J connectivity index is 1.53. The average molecular weight is 438 g/mol. The lowest BCUT2D eigenvalue weighted by Crippen LogP contribution is -2.53. The molecule has 162 valence electrons. The first-order chi connectivity index (χ1) is 14.9. The fourth-order valence-electron chi connectivity index (χ4n) is 4.38. The van der Waals surface area contributed by atoms with Gasteiger partial charge in [0, 0.05) is 18.0 Å². The van der Waals surface area contributed by atoms with Gasteiger partial charge in [0.25, 0.3) is 0 Å². The number of hydrogen-bond acceptors (Lipinski definition) is 5. The van der Waals surface area contributed by atoms with Crippen molar-refractivity contribution in [2.45, 2.75) is 39.7 Å². The summed E-state index contributed by atoms with van der Waals surface area (Å²) < 4.78 is 1.61. The normalized spacial score (nSPS) is 18.8. The zero-order valence-electron chi connectivity index (χ0n) is 17.9. The summed E-state index contributed by atoms with van der Waals surface area (Å²) in [7, 11) is 0. The number of nitrogens with two attached hydrogens (primary N) is 1. The Hall–Kier alpha value is -3.00. The second-order valence-corrected chi connectivity index (χ2v) is 9.23. The minimum Gasteiger partial charge on any atom is -0.369 e. The molecular weight excluding hydrogens is 410 g/mol. The quantitative estimate of drug-likeness (QED) is 0.641. The average Bonchev–Trinajstić information content (AvgIpc) is 3.38. The molecule has 3 heterocycles.